The third-order valence-electron chi connectivity index (χ3n) is 4.33. The summed E-state index contributed by atoms with van der Waals surface area (Å²) in [5, 5.41) is 6.93. The Morgan fingerprint density at radius 3 is 2.62 bits per heavy atom. The number of nitrogens with zero attached hydrogens (tertiary/aromatic N) is 1. The van der Waals surface area contributed by atoms with E-state index in [1.165, 1.54) is 17.7 Å². The monoisotopic (exact) mass is 373 g/mol. The first-order valence-electron chi connectivity index (χ1n) is 8.83. The molecule has 0 aromatic heterocycles. The molecule has 1 atom stereocenters. The maximum Gasteiger partial charge on any atom is 0.166 e. The fourth-order valence-corrected chi connectivity index (χ4v) is 3.10. The number of nitrogens with one attached hydrogen (secondary N) is 2. The minimum atomic E-state index is -0.232. The molecule has 0 spiro atoms. The lowest BCUT2D eigenvalue weighted by Crippen LogP contribution is -2.48. The first kappa shape index (κ1) is 18.8. The minimum absolute atomic E-state index is 0.109. The van der Waals surface area contributed by atoms with Crippen LogP contribution in [0.3, 0.4) is 0 Å². The molecule has 0 unspecified atom stereocenters. The molecule has 0 aliphatic carbocycles. The van der Waals surface area contributed by atoms with Crippen LogP contribution in [0.4, 0.5) is 4.39 Å². The second kappa shape index (κ2) is 9.62. The van der Waals surface area contributed by atoms with Crippen LogP contribution in [0, 0.1) is 5.82 Å². The highest BCUT2D eigenvalue weighted by molar-refractivity contribution is 7.80. The fourth-order valence-electron chi connectivity index (χ4n) is 2.94. The maximum absolute atomic E-state index is 12.9. The first-order chi connectivity index (χ1) is 12.7. The van der Waals surface area contributed by atoms with Gasteiger partial charge in [-0.2, -0.15) is 0 Å². The number of hydrogen-bond acceptors (Lipinski definition) is 3. The van der Waals surface area contributed by atoms with Crippen molar-refractivity contribution in [2.75, 3.05) is 26.2 Å². The first-order valence-corrected chi connectivity index (χ1v) is 9.24. The minimum Gasteiger partial charge on any atom is -0.374 e. The van der Waals surface area contributed by atoms with Crippen molar-refractivity contribution in [1.82, 2.24) is 15.5 Å². The SMILES string of the molecule is Fc1ccc(CNC(=S)NC[C@H]2CN(Cc3ccccc3)CCO2)cc1. The van der Waals surface area contributed by atoms with Gasteiger partial charge in [0.2, 0.25) is 0 Å². The van der Waals surface area contributed by atoms with E-state index in [0.717, 1.165) is 31.8 Å². The molecule has 6 heteroatoms. The van der Waals surface area contributed by atoms with Crippen molar-refractivity contribution >= 4 is 17.3 Å². The van der Waals surface area contributed by atoms with E-state index in [0.29, 0.717) is 18.2 Å². The number of benzene rings is 2. The summed E-state index contributed by atoms with van der Waals surface area (Å²) in [5.41, 5.74) is 2.30. The Bertz CT molecular complexity index is 696. The fraction of sp³-hybridized carbons (Fsp3) is 0.350. The Labute approximate surface area is 159 Å². The Balaban J connectivity index is 1.38. The molecule has 1 heterocycles. The van der Waals surface area contributed by atoms with E-state index in [4.69, 9.17) is 17.0 Å². The molecular weight excluding hydrogens is 349 g/mol. The molecule has 0 saturated carbocycles. The molecule has 2 aromatic rings. The Morgan fingerprint density at radius 2 is 1.85 bits per heavy atom. The highest BCUT2D eigenvalue weighted by Crippen LogP contribution is 2.10. The zero-order chi connectivity index (χ0) is 18.2. The van der Waals surface area contributed by atoms with Gasteiger partial charge < -0.3 is 15.4 Å². The maximum atomic E-state index is 12.9. The normalized spacial score (nSPS) is 17.7. The van der Waals surface area contributed by atoms with Gasteiger partial charge in [-0.15, -0.1) is 0 Å². The van der Waals surface area contributed by atoms with E-state index in [1.807, 2.05) is 6.07 Å². The van der Waals surface area contributed by atoms with Gasteiger partial charge in [0.05, 0.1) is 12.7 Å². The van der Waals surface area contributed by atoms with E-state index >= 15 is 0 Å². The van der Waals surface area contributed by atoms with Crippen LogP contribution in [0.25, 0.3) is 0 Å². The summed E-state index contributed by atoms with van der Waals surface area (Å²) in [5.74, 6) is -0.232. The summed E-state index contributed by atoms with van der Waals surface area (Å²) >= 11 is 5.32. The molecule has 138 valence electrons. The van der Waals surface area contributed by atoms with Crippen LogP contribution in [-0.2, 0) is 17.8 Å². The second-order valence-electron chi connectivity index (χ2n) is 6.40. The second-order valence-corrected chi connectivity index (χ2v) is 6.81. The quantitative estimate of drug-likeness (QED) is 0.762. The molecule has 1 aliphatic heterocycles. The van der Waals surface area contributed by atoms with Crippen LogP contribution in [-0.4, -0.2) is 42.4 Å². The van der Waals surface area contributed by atoms with Crippen molar-refractivity contribution in [2.45, 2.75) is 19.2 Å². The third kappa shape index (κ3) is 6.05. The van der Waals surface area contributed by atoms with Gasteiger partial charge in [-0.25, -0.2) is 4.39 Å². The van der Waals surface area contributed by atoms with Gasteiger partial charge in [-0.1, -0.05) is 42.5 Å². The van der Waals surface area contributed by atoms with Gasteiger partial charge in [0, 0.05) is 32.7 Å². The van der Waals surface area contributed by atoms with Crippen molar-refractivity contribution in [1.29, 1.82) is 0 Å². The molecule has 0 amide bonds. The summed E-state index contributed by atoms with van der Waals surface area (Å²) in [7, 11) is 0. The summed E-state index contributed by atoms with van der Waals surface area (Å²) < 4.78 is 18.7. The summed E-state index contributed by atoms with van der Waals surface area (Å²) in [6, 6.07) is 16.9. The standard InChI is InChI=1S/C20H24FN3OS/c21-18-8-6-16(7-9-18)12-22-20(26)23-13-19-15-24(10-11-25-19)14-17-4-2-1-3-5-17/h1-9,19H,10-15H2,(H2,22,23,26)/t19-/m0/s1. The number of halogens is 1. The molecule has 1 fully saturated rings. The van der Waals surface area contributed by atoms with Crippen LogP contribution in [0.1, 0.15) is 11.1 Å². The number of ether oxygens (including phenoxy) is 1. The van der Waals surface area contributed by atoms with Crippen molar-refractivity contribution in [3.63, 3.8) is 0 Å². The molecule has 1 aliphatic rings. The van der Waals surface area contributed by atoms with Crippen molar-refractivity contribution in [3.8, 4) is 0 Å². The lowest BCUT2D eigenvalue weighted by molar-refractivity contribution is -0.0280. The summed E-state index contributed by atoms with van der Waals surface area (Å²) in [6.07, 6.45) is 0.109. The van der Waals surface area contributed by atoms with Gasteiger partial charge in [0.15, 0.2) is 5.11 Å². The zero-order valence-electron chi connectivity index (χ0n) is 14.7. The molecular formula is C20H24FN3OS. The molecule has 0 bridgehead atoms. The summed E-state index contributed by atoms with van der Waals surface area (Å²) in [4.78, 5) is 2.40. The Kier molecular flexibility index (Phi) is 6.94. The number of morpholine rings is 1. The number of hydrogen-bond donors (Lipinski definition) is 2. The smallest absolute Gasteiger partial charge is 0.166 e. The van der Waals surface area contributed by atoms with E-state index < -0.39 is 0 Å². The molecule has 3 rings (SSSR count). The average molecular weight is 373 g/mol. The lowest BCUT2D eigenvalue weighted by atomic mass is 10.2. The lowest BCUT2D eigenvalue weighted by Gasteiger charge is -2.33. The predicted molar refractivity (Wildman–Crippen MR) is 105 cm³/mol. The number of rotatable bonds is 6. The van der Waals surface area contributed by atoms with E-state index in [9.17, 15) is 4.39 Å². The third-order valence-corrected chi connectivity index (χ3v) is 4.62. The average Bonchev–Trinajstić information content (AvgIpc) is 2.67. The van der Waals surface area contributed by atoms with Crippen molar-refractivity contribution in [2.24, 2.45) is 0 Å². The van der Waals surface area contributed by atoms with Crippen LogP contribution >= 0.6 is 12.2 Å². The van der Waals surface area contributed by atoms with Gasteiger partial charge in [-0.3, -0.25) is 4.90 Å². The van der Waals surface area contributed by atoms with Gasteiger partial charge in [-0.05, 0) is 35.5 Å². The topological polar surface area (TPSA) is 36.5 Å². The highest BCUT2D eigenvalue weighted by atomic mass is 32.1. The van der Waals surface area contributed by atoms with Gasteiger partial charge >= 0.3 is 0 Å². The number of thiocarbonyl (C=S) groups is 1. The van der Waals surface area contributed by atoms with Crippen molar-refractivity contribution < 1.29 is 9.13 Å². The Hall–Kier alpha value is -2.02. The van der Waals surface area contributed by atoms with E-state index in [2.05, 4.69) is 39.8 Å². The highest BCUT2D eigenvalue weighted by Gasteiger charge is 2.20. The van der Waals surface area contributed by atoms with Crippen LogP contribution in [0.2, 0.25) is 0 Å². The Morgan fingerprint density at radius 1 is 1.08 bits per heavy atom. The largest absolute Gasteiger partial charge is 0.374 e. The summed E-state index contributed by atoms with van der Waals surface area (Å²) in [6.45, 7) is 4.72. The van der Waals surface area contributed by atoms with Crippen LogP contribution in [0.5, 0.6) is 0 Å². The van der Waals surface area contributed by atoms with Gasteiger partial charge in [0.1, 0.15) is 5.82 Å². The van der Waals surface area contributed by atoms with Crippen molar-refractivity contribution in [3.05, 3.63) is 71.5 Å². The van der Waals surface area contributed by atoms with E-state index in [1.54, 1.807) is 12.1 Å². The van der Waals surface area contributed by atoms with E-state index in [-0.39, 0.29) is 11.9 Å². The predicted octanol–water partition coefficient (Wildman–Crippen LogP) is 2.69. The molecule has 0 radical (unpaired) electrons. The van der Waals surface area contributed by atoms with Gasteiger partial charge in [0.25, 0.3) is 0 Å². The molecule has 2 N–H and O–H groups in total. The molecule has 4 nitrogen and oxygen atoms in total. The van der Waals surface area contributed by atoms with Crippen LogP contribution in [0.15, 0.2) is 54.6 Å². The molecule has 26 heavy (non-hydrogen) atoms. The molecule has 2 aromatic carbocycles. The molecule has 1 saturated heterocycles. The van der Waals surface area contributed by atoms with Crippen LogP contribution < -0.4 is 10.6 Å². The zero-order valence-corrected chi connectivity index (χ0v) is 15.5.